The van der Waals surface area contributed by atoms with Gasteiger partial charge in [-0.3, -0.25) is 9.63 Å². The van der Waals surface area contributed by atoms with Gasteiger partial charge in [0.05, 0.1) is 6.10 Å². The second kappa shape index (κ2) is 10.0. The molecule has 0 N–H and O–H groups in total. The summed E-state index contributed by atoms with van der Waals surface area (Å²) in [4.78, 5) is 18.0. The van der Waals surface area contributed by atoms with Gasteiger partial charge in [0.1, 0.15) is 0 Å². The van der Waals surface area contributed by atoms with Gasteiger partial charge in [0.2, 0.25) is 5.91 Å². The number of allylic oxidation sites excluding steroid dienone is 2. The van der Waals surface area contributed by atoms with Gasteiger partial charge in [-0.15, -0.1) is 0 Å². The fraction of sp³-hybridized carbons (Fsp3) is 0.842. The van der Waals surface area contributed by atoms with Crippen molar-refractivity contribution in [2.45, 2.75) is 78.7 Å². The smallest absolute Gasteiger partial charge is 0.249 e. The maximum atomic E-state index is 12.5. The summed E-state index contributed by atoms with van der Waals surface area (Å²) < 4.78 is 0. The molecule has 0 spiro atoms. The summed E-state index contributed by atoms with van der Waals surface area (Å²) in [7, 11) is 1.73. The molecule has 0 aromatic heterocycles. The lowest BCUT2D eigenvalue weighted by Crippen LogP contribution is -2.36. The first-order valence-corrected chi connectivity index (χ1v) is 9.01. The molecule has 1 amide bonds. The lowest BCUT2D eigenvalue weighted by atomic mass is 9.86. The molecule has 0 bridgehead atoms. The topological polar surface area (TPSA) is 29.5 Å². The second-order valence-corrected chi connectivity index (χ2v) is 7.29. The van der Waals surface area contributed by atoms with Crippen molar-refractivity contribution in [2.75, 3.05) is 7.05 Å². The third kappa shape index (κ3) is 6.95. The molecule has 0 aromatic carbocycles. The lowest BCUT2D eigenvalue weighted by Gasteiger charge is -2.26. The summed E-state index contributed by atoms with van der Waals surface area (Å²) in [6.45, 7) is 8.11. The highest BCUT2D eigenvalue weighted by molar-refractivity contribution is 5.78. The molecule has 0 aromatic rings. The van der Waals surface area contributed by atoms with E-state index in [0.29, 0.717) is 5.92 Å². The van der Waals surface area contributed by atoms with Gasteiger partial charge in [0, 0.05) is 13.0 Å². The van der Waals surface area contributed by atoms with Crippen LogP contribution in [0.15, 0.2) is 12.2 Å². The Kier molecular flexibility index (Phi) is 8.77. The summed E-state index contributed by atoms with van der Waals surface area (Å²) in [5.74, 6) is 1.28. The Morgan fingerprint density at radius 1 is 1.14 bits per heavy atom. The van der Waals surface area contributed by atoms with Gasteiger partial charge in [-0.1, -0.05) is 58.1 Å². The monoisotopic (exact) mass is 309 g/mol. The second-order valence-electron chi connectivity index (χ2n) is 7.29. The molecule has 1 saturated carbocycles. The highest BCUT2D eigenvalue weighted by Crippen LogP contribution is 2.27. The number of nitrogens with zero attached hydrogens (tertiary/aromatic N) is 1. The van der Waals surface area contributed by atoms with Crippen LogP contribution < -0.4 is 0 Å². The van der Waals surface area contributed by atoms with Crippen LogP contribution in [0.25, 0.3) is 0 Å². The molecule has 1 unspecified atom stereocenters. The zero-order valence-electron chi connectivity index (χ0n) is 15.2. The van der Waals surface area contributed by atoms with Crippen LogP contribution in [0.5, 0.6) is 0 Å². The van der Waals surface area contributed by atoms with E-state index in [1.54, 1.807) is 7.05 Å². The zero-order chi connectivity index (χ0) is 16.5. The molecular formula is C19H35NO2. The first kappa shape index (κ1) is 19.2. The van der Waals surface area contributed by atoms with E-state index >= 15 is 0 Å². The SMILES string of the molecule is CC(C)ON(C)C(=O)C(C/C=C/CC1CCCCC1)C(C)C. The molecule has 1 aliphatic rings. The number of hydroxylamine groups is 2. The molecule has 3 heteroatoms. The van der Waals surface area contributed by atoms with E-state index in [-0.39, 0.29) is 17.9 Å². The van der Waals surface area contributed by atoms with Crippen molar-refractivity contribution in [3.05, 3.63) is 12.2 Å². The van der Waals surface area contributed by atoms with Crippen LogP contribution in [0.2, 0.25) is 0 Å². The third-order valence-electron chi connectivity index (χ3n) is 4.55. The van der Waals surface area contributed by atoms with Gasteiger partial charge in [-0.2, -0.15) is 0 Å². The van der Waals surface area contributed by atoms with Crippen molar-refractivity contribution in [1.29, 1.82) is 0 Å². The zero-order valence-corrected chi connectivity index (χ0v) is 15.2. The number of rotatable bonds is 8. The number of hydrogen-bond acceptors (Lipinski definition) is 2. The molecule has 1 rings (SSSR count). The lowest BCUT2D eigenvalue weighted by molar-refractivity contribution is -0.196. The fourth-order valence-electron chi connectivity index (χ4n) is 3.21. The Balaban J connectivity index is 2.44. The van der Waals surface area contributed by atoms with Gasteiger partial charge in [0.25, 0.3) is 0 Å². The molecule has 1 atom stereocenters. The standard InChI is InChI=1S/C19H35NO2/c1-15(2)18(19(21)20(5)22-16(3)4)14-10-9-13-17-11-7-6-8-12-17/h9-10,15-18H,6-8,11-14H2,1-5H3/b10-9+. The van der Waals surface area contributed by atoms with E-state index in [1.807, 2.05) is 13.8 Å². The third-order valence-corrected chi connectivity index (χ3v) is 4.55. The van der Waals surface area contributed by atoms with Gasteiger partial charge in [0.15, 0.2) is 0 Å². The maximum absolute atomic E-state index is 12.5. The van der Waals surface area contributed by atoms with Gasteiger partial charge in [-0.05, 0) is 38.5 Å². The Morgan fingerprint density at radius 3 is 2.32 bits per heavy atom. The Morgan fingerprint density at radius 2 is 1.77 bits per heavy atom. The van der Waals surface area contributed by atoms with Gasteiger partial charge in [-0.25, -0.2) is 5.06 Å². The minimum Gasteiger partial charge on any atom is -0.272 e. The molecule has 1 fully saturated rings. The summed E-state index contributed by atoms with van der Waals surface area (Å²) >= 11 is 0. The van der Waals surface area contributed by atoms with Crippen LogP contribution in [-0.2, 0) is 9.63 Å². The number of hydrogen-bond donors (Lipinski definition) is 0. The Bertz CT molecular complexity index is 343. The van der Waals surface area contributed by atoms with E-state index in [2.05, 4.69) is 26.0 Å². The molecule has 1 aliphatic carbocycles. The Hall–Kier alpha value is -0.830. The minimum absolute atomic E-state index is 0.00589. The van der Waals surface area contributed by atoms with Crippen LogP contribution in [0.3, 0.4) is 0 Å². The van der Waals surface area contributed by atoms with Crippen molar-refractivity contribution in [3.63, 3.8) is 0 Å². The van der Waals surface area contributed by atoms with Crippen molar-refractivity contribution < 1.29 is 9.63 Å². The quantitative estimate of drug-likeness (QED) is 0.468. The average Bonchev–Trinajstić information content (AvgIpc) is 2.46. The van der Waals surface area contributed by atoms with Gasteiger partial charge >= 0.3 is 0 Å². The number of carbonyl (C=O) groups excluding carboxylic acids is 1. The highest BCUT2D eigenvalue weighted by Gasteiger charge is 2.25. The maximum Gasteiger partial charge on any atom is 0.249 e. The van der Waals surface area contributed by atoms with Crippen LogP contribution in [0.4, 0.5) is 0 Å². The first-order chi connectivity index (χ1) is 10.4. The molecule has 22 heavy (non-hydrogen) atoms. The van der Waals surface area contributed by atoms with Crippen LogP contribution in [0, 0.1) is 17.8 Å². The van der Waals surface area contributed by atoms with Crippen LogP contribution >= 0.6 is 0 Å². The van der Waals surface area contributed by atoms with Crippen LogP contribution in [0.1, 0.15) is 72.6 Å². The normalized spacial score (nSPS) is 18.3. The predicted octanol–water partition coefficient (Wildman–Crippen LogP) is 4.97. The predicted molar refractivity (Wildman–Crippen MR) is 92.3 cm³/mol. The van der Waals surface area contributed by atoms with E-state index < -0.39 is 0 Å². The molecular weight excluding hydrogens is 274 g/mol. The molecule has 0 saturated heterocycles. The Labute approximate surface area is 137 Å². The van der Waals surface area contributed by atoms with Crippen molar-refractivity contribution in [3.8, 4) is 0 Å². The van der Waals surface area contributed by atoms with Crippen molar-refractivity contribution >= 4 is 5.91 Å². The molecule has 3 nitrogen and oxygen atoms in total. The van der Waals surface area contributed by atoms with Crippen molar-refractivity contribution in [2.24, 2.45) is 17.8 Å². The minimum atomic E-state index is 0.00589. The molecule has 0 heterocycles. The summed E-state index contributed by atoms with van der Waals surface area (Å²) in [6, 6.07) is 0. The summed E-state index contributed by atoms with van der Waals surface area (Å²) in [6.07, 6.45) is 13.5. The molecule has 0 aliphatic heterocycles. The van der Waals surface area contributed by atoms with E-state index in [0.717, 1.165) is 12.3 Å². The molecule has 128 valence electrons. The average molecular weight is 309 g/mol. The van der Waals surface area contributed by atoms with E-state index in [4.69, 9.17) is 4.84 Å². The van der Waals surface area contributed by atoms with E-state index in [1.165, 1.54) is 43.6 Å². The summed E-state index contributed by atoms with van der Waals surface area (Å²) in [5.41, 5.74) is 0. The number of amides is 1. The highest BCUT2D eigenvalue weighted by atomic mass is 16.7. The van der Waals surface area contributed by atoms with Crippen LogP contribution in [-0.4, -0.2) is 24.1 Å². The van der Waals surface area contributed by atoms with Gasteiger partial charge < -0.3 is 0 Å². The largest absolute Gasteiger partial charge is 0.272 e. The summed E-state index contributed by atoms with van der Waals surface area (Å²) in [5, 5.41) is 1.42. The van der Waals surface area contributed by atoms with Crippen molar-refractivity contribution in [1.82, 2.24) is 5.06 Å². The first-order valence-electron chi connectivity index (χ1n) is 9.01. The number of carbonyl (C=O) groups is 1. The van der Waals surface area contributed by atoms with E-state index in [9.17, 15) is 4.79 Å². The molecule has 0 radical (unpaired) electrons. The fourth-order valence-corrected chi connectivity index (χ4v) is 3.21.